The molecule has 20 heavy (non-hydrogen) atoms. The fourth-order valence-corrected chi connectivity index (χ4v) is 3.82. The van der Waals surface area contributed by atoms with Gasteiger partial charge < -0.3 is 5.32 Å². The van der Waals surface area contributed by atoms with Crippen molar-refractivity contribution < 1.29 is 0 Å². The SMILES string of the molecule is CCCCCCCCCCCCNCc1cc(Br)cs1. The Bertz CT molecular complexity index is 325. The van der Waals surface area contributed by atoms with Crippen LogP contribution in [-0.2, 0) is 6.54 Å². The highest BCUT2D eigenvalue weighted by atomic mass is 79.9. The second-order valence-corrected chi connectivity index (χ2v) is 7.50. The van der Waals surface area contributed by atoms with Crippen molar-refractivity contribution >= 4 is 27.3 Å². The fourth-order valence-electron chi connectivity index (χ4n) is 2.40. The molecule has 1 heterocycles. The van der Waals surface area contributed by atoms with E-state index in [2.05, 4.69) is 39.6 Å². The van der Waals surface area contributed by atoms with Gasteiger partial charge in [0.1, 0.15) is 0 Å². The van der Waals surface area contributed by atoms with Gasteiger partial charge in [0, 0.05) is 21.3 Å². The summed E-state index contributed by atoms with van der Waals surface area (Å²) in [7, 11) is 0. The van der Waals surface area contributed by atoms with Crippen LogP contribution in [0.25, 0.3) is 0 Å². The maximum Gasteiger partial charge on any atom is 0.0300 e. The topological polar surface area (TPSA) is 12.0 Å². The minimum Gasteiger partial charge on any atom is -0.312 e. The van der Waals surface area contributed by atoms with E-state index in [0.29, 0.717) is 0 Å². The lowest BCUT2D eigenvalue weighted by Gasteiger charge is -2.04. The van der Waals surface area contributed by atoms with E-state index < -0.39 is 0 Å². The predicted octanol–water partition coefficient (Wildman–Crippen LogP) is 6.52. The van der Waals surface area contributed by atoms with E-state index in [9.17, 15) is 0 Å². The van der Waals surface area contributed by atoms with Crippen molar-refractivity contribution in [2.45, 2.75) is 77.7 Å². The lowest BCUT2D eigenvalue weighted by Crippen LogP contribution is -2.13. The third-order valence-electron chi connectivity index (χ3n) is 3.63. The summed E-state index contributed by atoms with van der Waals surface area (Å²) in [5.74, 6) is 0. The van der Waals surface area contributed by atoms with Crippen molar-refractivity contribution in [2.75, 3.05) is 6.54 Å². The Morgan fingerprint density at radius 2 is 1.55 bits per heavy atom. The van der Waals surface area contributed by atoms with Gasteiger partial charge in [0.2, 0.25) is 0 Å². The van der Waals surface area contributed by atoms with Gasteiger partial charge in [0.15, 0.2) is 0 Å². The van der Waals surface area contributed by atoms with Crippen LogP contribution in [0.3, 0.4) is 0 Å². The Hall–Kier alpha value is 0.140. The quantitative estimate of drug-likeness (QED) is 0.395. The third kappa shape index (κ3) is 9.95. The van der Waals surface area contributed by atoms with Crippen molar-refractivity contribution in [3.05, 3.63) is 20.8 Å². The minimum atomic E-state index is 1.02. The Balaban J connectivity index is 1.76. The van der Waals surface area contributed by atoms with Crippen molar-refractivity contribution in [3.8, 4) is 0 Å². The van der Waals surface area contributed by atoms with Crippen molar-refractivity contribution in [3.63, 3.8) is 0 Å². The fraction of sp³-hybridized carbons (Fsp3) is 0.765. The normalized spacial score (nSPS) is 11.1. The monoisotopic (exact) mass is 359 g/mol. The third-order valence-corrected chi connectivity index (χ3v) is 5.33. The molecule has 0 bridgehead atoms. The number of rotatable bonds is 13. The number of hydrogen-bond acceptors (Lipinski definition) is 2. The van der Waals surface area contributed by atoms with Gasteiger partial charge >= 0.3 is 0 Å². The molecule has 0 aliphatic carbocycles. The van der Waals surface area contributed by atoms with Crippen LogP contribution in [0.5, 0.6) is 0 Å². The molecule has 0 aliphatic heterocycles. The summed E-state index contributed by atoms with van der Waals surface area (Å²) in [6.45, 7) is 4.46. The first-order valence-electron chi connectivity index (χ1n) is 8.26. The predicted molar refractivity (Wildman–Crippen MR) is 95.6 cm³/mol. The zero-order valence-electron chi connectivity index (χ0n) is 12.9. The van der Waals surface area contributed by atoms with Gasteiger partial charge in [-0.3, -0.25) is 0 Å². The van der Waals surface area contributed by atoms with Crippen LogP contribution in [0.4, 0.5) is 0 Å². The standard InChI is InChI=1S/C17H30BrNS/c1-2-3-4-5-6-7-8-9-10-11-12-19-14-17-13-16(18)15-20-17/h13,15,19H,2-12,14H2,1H3. The highest BCUT2D eigenvalue weighted by molar-refractivity contribution is 9.10. The zero-order valence-corrected chi connectivity index (χ0v) is 15.3. The number of nitrogens with one attached hydrogen (secondary N) is 1. The molecule has 116 valence electrons. The molecule has 0 saturated carbocycles. The van der Waals surface area contributed by atoms with E-state index in [1.807, 2.05) is 11.3 Å². The molecule has 1 rings (SSSR count). The van der Waals surface area contributed by atoms with Gasteiger partial charge in [-0.05, 0) is 35.0 Å². The summed E-state index contributed by atoms with van der Waals surface area (Å²) in [4.78, 5) is 1.42. The van der Waals surface area contributed by atoms with Crippen LogP contribution in [0.15, 0.2) is 15.9 Å². The molecular weight excluding hydrogens is 330 g/mol. The van der Waals surface area contributed by atoms with Gasteiger partial charge in [0.05, 0.1) is 0 Å². The molecule has 1 N–H and O–H groups in total. The van der Waals surface area contributed by atoms with E-state index >= 15 is 0 Å². The molecular formula is C17H30BrNS. The average Bonchev–Trinajstić information content (AvgIpc) is 2.86. The molecule has 3 heteroatoms. The first-order valence-corrected chi connectivity index (χ1v) is 9.94. The molecule has 0 aromatic carbocycles. The second kappa shape index (κ2) is 12.8. The van der Waals surface area contributed by atoms with E-state index in [1.165, 1.54) is 73.6 Å². The Morgan fingerprint density at radius 3 is 2.10 bits per heavy atom. The molecule has 0 atom stereocenters. The number of unbranched alkanes of at least 4 members (excludes halogenated alkanes) is 9. The largest absolute Gasteiger partial charge is 0.312 e. The maximum atomic E-state index is 3.53. The molecule has 0 aliphatic rings. The number of halogens is 1. The van der Waals surface area contributed by atoms with Crippen molar-refractivity contribution in [1.82, 2.24) is 5.32 Å². The molecule has 0 spiro atoms. The summed E-state index contributed by atoms with van der Waals surface area (Å²) in [5.41, 5.74) is 0. The molecule has 1 aromatic rings. The van der Waals surface area contributed by atoms with Crippen LogP contribution in [0.2, 0.25) is 0 Å². The van der Waals surface area contributed by atoms with E-state index in [1.54, 1.807) is 0 Å². The molecule has 0 amide bonds. The summed E-state index contributed by atoms with van der Waals surface area (Å²) in [6.07, 6.45) is 14.1. The molecule has 1 nitrogen and oxygen atoms in total. The van der Waals surface area contributed by atoms with Crippen LogP contribution < -0.4 is 5.32 Å². The average molecular weight is 360 g/mol. The summed E-state index contributed by atoms with van der Waals surface area (Å²) < 4.78 is 1.21. The van der Waals surface area contributed by atoms with Crippen LogP contribution >= 0.6 is 27.3 Å². The lowest BCUT2D eigenvalue weighted by atomic mass is 10.1. The Morgan fingerprint density at radius 1 is 0.950 bits per heavy atom. The second-order valence-electron chi connectivity index (χ2n) is 5.59. The molecule has 0 unspecified atom stereocenters. The maximum absolute atomic E-state index is 3.53. The van der Waals surface area contributed by atoms with Gasteiger partial charge in [0.25, 0.3) is 0 Å². The first-order chi connectivity index (χ1) is 9.83. The summed E-state index contributed by atoms with van der Waals surface area (Å²) >= 11 is 5.32. The van der Waals surface area contributed by atoms with Crippen molar-refractivity contribution in [2.24, 2.45) is 0 Å². The van der Waals surface area contributed by atoms with Gasteiger partial charge in [-0.25, -0.2) is 0 Å². The van der Waals surface area contributed by atoms with Gasteiger partial charge in [-0.1, -0.05) is 64.7 Å². The number of hydrogen-bond donors (Lipinski definition) is 1. The van der Waals surface area contributed by atoms with Gasteiger partial charge in [-0.2, -0.15) is 0 Å². The van der Waals surface area contributed by atoms with Crippen LogP contribution in [0.1, 0.15) is 76.0 Å². The minimum absolute atomic E-state index is 1.02. The molecule has 0 saturated heterocycles. The Kier molecular flexibility index (Phi) is 11.7. The van der Waals surface area contributed by atoms with Crippen LogP contribution in [0, 0.1) is 0 Å². The van der Waals surface area contributed by atoms with Gasteiger partial charge in [-0.15, -0.1) is 11.3 Å². The molecule has 0 radical (unpaired) electrons. The Labute approximate surface area is 137 Å². The van der Waals surface area contributed by atoms with E-state index in [-0.39, 0.29) is 0 Å². The van der Waals surface area contributed by atoms with Crippen LogP contribution in [-0.4, -0.2) is 6.54 Å². The highest BCUT2D eigenvalue weighted by Crippen LogP contribution is 2.19. The highest BCUT2D eigenvalue weighted by Gasteiger charge is 1.97. The first kappa shape index (κ1) is 18.2. The number of thiophene rings is 1. The zero-order chi connectivity index (χ0) is 14.5. The lowest BCUT2D eigenvalue weighted by molar-refractivity contribution is 0.544. The van der Waals surface area contributed by atoms with Crippen molar-refractivity contribution in [1.29, 1.82) is 0 Å². The van der Waals surface area contributed by atoms with E-state index in [4.69, 9.17) is 0 Å². The summed E-state index contributed by atoms with van der Waals surface area (Å²) in [6, 6.07) is 2.20. The summed E-state index contributed by atoms with van der Waals surface area (Å²) in [5, 5.41) is 5.68. The van der Waals surface area contributed by atoms with E-state index in [0.717, 1.165) is 13.1 Å². The molecule has 0 fully saturated rings. The molecule has 1 aromatic heterocycles. The smallest absolute Gasteiger partial charge is 0.0300 e.